The third kappa shape index (κ3) is 3.25. The first-order chi connectivity index (χ1) is 9.81. The molecule has 108 valence electrons. The molecule has 0 aromatic carbocycles. The molecule has 0 radical (unpaired) electrons. The summed E-state index contributed by atoms with van der Waals surface area (Å²) in [6, 6.07) is 0.331. The van der Waals surface area contributed by atoms with E-state index >= 15 is 0 Å². The summed E-state index contributed by atoms with van der Waals surface area (Å²) in [4.78, 5) is 8.54. The second kappa shape index (κ2) is 6.17. The van der Waals surface area contributed by atoms with Crippen molar-refractivity contribution in [2.24, 2.45) is 0 Å². The maximum atomic E-state index is 5.37. The molecule has 1 N–H and O–H groups in total. The second-order valence-corrected chi connectivity index (χ2v) is 5.57. The van der Waals surface area contributed by atoms with Crippen molar-refractivity contribution in [2.45, 2.75) is 57.7 Å². The third-order valence-electron chi connectivity index (χ3n) is 3.84. The van der Waals surface area contributed by atoms with Gasteiger partial charge in [-0.25, -0.2) is 4.98 Å². The lowest BCUT2D eigenvalue weighted by molar-refractivity contribution is 0.348. The molecule has 1 fully saturated rings. The summed E-state index contributed by atoms with van der Waals surface area (Å²) in [7, 11) is 0. The summed E-state index contributed by atoms with van der Waals surface area (Å²) < 4.78 is 7.42. The van der Waals surface area contributed by atoms with Crippen LogP contribution in [0.3, 0.4) is 0 Å². The standard InChI is InChI=1S/C14H21N5O/c1-11(9-19-7-6-15-10-19)16-8-13-17-14(20-18-13)12-4-2-3-5-12/h6-7,10-12,16H,2-5,8-9H2,1H3/t11-/m0/s1. The smallest absolute Gasteiger partial charge is 0.229 e. The van der Waals surface area contributed by atoms with Crippen LogP contribution in [0.4, 0.5) is 0 Å². The van der Waals surface area contributed by atoms with Crippen LogP contribution in [0.25, 0.3) is 0 Å². The van der Waals surface area contributed by atoms with Crippen molar-refractivity contribution >= 4 is 0 Å². The van der Waals surface area contributed by atoms with Crippen molar-refractivity contribution in [3.63, 3.8) is 0 Å². The third-order valence-corrected chi connectivity index (χ3v) is 3.84. The van der Waals surface area contributed by atoms with Crippen LogP contribution in [0.2, 0.25) is 0 Å². The minimum absolute atomic E-state index is 0.331. The molecular formula is C14H21N5O. The number of hydrogen-bond donors (Lipinski definition) is 1. The van der Waals surface area contributed by atoms with E-state index in [0.29, 0.717) is 18.5 Å². The van der Waals surface area contributed by atoms with E-state index in [1.807, 2.05) is 12.5 Å². The van der Waals surface area contributed by atoms with Crippen molar-refractivity contribution in [1.82, 2.24) is 25.0 Å². The molecule has 0 bridgehead atoms. The van der Waals surface area contributed by atoms with Crippen LogP contribution in [0, 0.1) is 0 Å². The lowest BCUT2D eigenvalue weighted by Crippen LogP contribution is -2.30. The summed E-state index contributed by atoms with van der Waals surface area (Å²) in [5.74, 6) is 2.06. The minimum atomic E-state index is 0.331. The zero-order valence-electron chi connectivity index (χ0n) is 11.8. The average molecular weight is 275 g/mol. The monoisotopic (exact) mass is 275 g/mol. The first-order valence-electron chi connectivity index (χ1n) is 7.33. The number of hydrogen-bond acceptors (Lipinski definition) is 5. The highest BCUT2D eigenvalue weighted by Gasteiger charge is 2.22. The first kappa shape index (κ1) is 13.3. The maximum Gasteiger partial charge on any atom is 0.229 e. The quantitative estimate of drug-likeness (QED) is 0.874. The van der Waals surface area contributed by atoms with Crippen LogP contribution >= 0.6 is 0 Å². The summed E-state index contributed by atoms with van der Waals surface area (Å²) in [6.07, 6.45) is 10.5. The van der Waals surface area contributed by atoms with Gasteiger partial charge in [0.2, 0.25) is 5.89 Å². The van der Waals surface area contributed by atoms with Crippen LogP contribution in [0.1, 0.15) is 50.2 Å². The van der Waals surface area contributed by atoms with Crippen LogP contribution in [0.5, 0.6) is 0 Å². The van der Waals surface area contributed by atoms with Crippen LogP contribution < -0.4 is 5.32 Å². The van der Waals surface area contributed by atoms with E-state index in [-0.39, 0.29) is 0 Å². The Morgan fingerprint density at radius 2 is 2.30 bits per heavy atom. The molecule has 0 aliphatic heterocycles. The minimum Gasteiger partial charge on any atom is -0.339 e. The summed E-state index contributed by atoms with van der Waals surface area (Å²) in [5.41, 5.74) is 0. The zero-order chi connectivity index (χ0) is 13.8. The van der Waals surface area contributed by atoms with E-state index in [1.54, 1.807) is 6.20 Å². The predicted molar refractivity (Wildman–Crippen MR) is 74.0 cm³/mol. The summed E-state index contributed by atoms with van der Waals surface area (Å²) in [5, 5.41) is 7.47. The van der Waals surface area contributed by atoms with Gasteiger partial charge in [-0.15, -0.1) is 0 Å². The molecule has 3 rings (SSSR count). The van der Waals surface area contributed by atoms with Gasteiger partial charge in [0.25, 0.3) is 0 Å². The maximum absolute atomic E-state index is 5.37. The highest BCUT2D eigenvalue weighted by Crippen LogP contribution is 2.32. The Balaban J connectivity index is 1.48. The average Bonchev–Trinajstić information content (AvgIpc) is 3.18. The molecule has 0 saturated heterocycles. The van der Waals surface area contributed by atoms with Gasteiger partial charge in [-0.05, 0) is 19.8 Å². The molecule has 6 heteroatoms. The Morgan fingerprint density at radius 1 is 1.45 bits per heavy atom. The molecule has 0 unspecified atom stereocenters. The van der Waals surface area contributed by atoms with Gasteiger partial charge in [0, 0.05) is 30.9 Å². The van der Waals surface area contributed by atoms with Gasteiger partial charge in [0.1, 0.15) is 0 Å². The van der Waals surface area contributed by atoms with Gasteiger partial charge < -0.3 is 14.4 Å². The van der Waals surface area contributed by atoms with Crippen LogP contribution in [-0.2, 0) is 13.1 Å². The van der Waals surface area contributed by atoms with E-state index in [2.05, 4.69) is 31.9 Å². The van der Waals surface area contributed by atoms with Crippen molar-refractivity contribution in [3.05, 3.63) is 30.4 Å². The van der Waals surface area contributed by atoms with Crippen molar-refractivity contribution in [2.75, 3.05) is 0 Å². The molecule has 2 heterocycles. The summed E-state index contributed by atoms with van der Waals surface area (Å²) >= 11 is 0. The van der Waals surface area contributed by atoms with E-state index in [0.717, 1.165) is 18.3 Å². The van der Waals surface area contributed by atoms with Gasteiger partial charge in [-0.3, -0.25) is 0 Å². The number of rotatable bonds is 6. The molecule has 0 spiro atoms. The largest absolute Gasteiger partial charge is 0.339 e. The predicted octanol–water partition coefficient (Wildman–Crippen LogP) is 2.10. The molecule has 1 atom stereocenters. The molecule has 0 amide bonds. The molecular weight excluding hydrogens is 254 g/mol. The molecule has 6 nitrogen and oxygen atoms in total. The number of nitrogens with one attached hydrogen (secondary N) is 1. The van der Waals surface area contributed by atoms with Gasteiger partial charge in [-0.2, -0.15) is 4.98 Å². The first-order valence-corrected chi connectivity index (χ1v) is 7.33. The van der Waals surface area contributed by atoms with Crippen molar-refractivity contribution in [1.29, 1.82) is 0 Å². The Bertz CT molecular complexity index is 515. The van der Waals surface area contributed by atoms with Gasteiger partial charge >= 0.3 is 0 Å². The Kier molecular flexibility index (Phi) is 4.11. The van der Waals surface area contributed by atoms with Crippen LogP contribution in [0.15, 0.2) is 23.2 Å². The fraction of sp³-hybridized carbons (Fsp3) is 0.643. The Labute approximate surface area is 118 Å². The SMILES string of the molecule is C[C@@H](Cn1ccnc1)NCc1noc(C2CCCC2)n1. The highest BCUT2D eigenvalue weighted by atomic mass is 16.5. The van der Waals surface area contributed by atoms with Crippen molar-refractivity contribution in [3.8, 4) is 0 Å². The van der Waals surface area contributed by atoms with Gasteiger partial charge in [0.05, 0.1) is 12.9 Å². The van der Waals surface area contributed by atoms with E-state index in [1.165, 1.54) is 25.7 Å². The van der Waals surface area contributed by atoms with E-state index < -0.39 is 0 Å². The van der Waals surface area contributed by atoms with E-state index in [4.69, 9.17) is 4.52 Å². The van der Waals surface area contributed by atoms with E-state index in [9.17, 15) is 0 Å². The zero-order valence-corrected chi connectivity index (χ0v) is 11.8. The molecule has 1 aliphatic rings. The highest BCUT2D eigenvalue weighted by molar-refractivity contribution is 4.96. The molecule has 1 saturated carbocycles. The Hall–Kier alpha value is -1.69. The molecule has 1 aliphatic carbocycles. The molecule has 2 aromatic rings. The molecule has 2 aromatic heterocycles. The lowest BCUT2D eigenvalue weighted by Gasteiger charge is -2.12. The van der Waals surface area contributed by atoms with Gasteiger partial charge in [-0.1, -0.05) is 18.0 Å². The molecule has 20 heavy (non-hydrogen) atoms. The fourth-order valence-corrected chi connectivity index (χ4v) is 2.72. The van der Waals surface area contributed by atoms with Gasteiger partial charge in [0.15, 0.2) is 5.82 Å². The Morgan fingerprint density at radius 3 is 3.05 bits per heavy atom. The number of nitrogens with zero attached hydrogens (tertiary/aromatic N) is 4. The van der Waals surface area contributed by atoms with Crippen LogP contribution in [-0.4, -0.2) is 25.7 Å². The van der Waals surface area contributed by atoms with Crippen molar-refractivity contribution < 1.29 is 4.52 Å². The lowest BCUT2D eigenvalue weighted by atomic mass is 10.1. The number of imidazole rings is 1. The topological polar surface area (TPSA) is 68.8 Å². The number of aromatic nitrogens is 4. The second-order valence-electron chi connectivity index (χ2n) is 5.57. The summed E-state index contributed by atoms with van der Waals surface area (Å²) in [6.45, 7) is 3.66. The fourth-order valence-electron chi connectivity index (χ4n) is 2.72. The normalized spacial score (nSPS) is 17.6.